The maximum absolute atomic E-state index is 11.8. The highest BCUT2D eigenvalue weighted by molar-refractivity contribution is 5.76. The molecule has 0 bridgehead atoms. The summed E-state index contributed by atoms with van der Waals surface area (Å²) in [5.74, 6) is 1.61. The largest absolute Gasteiger partial charge is 0.356 e. The minimum Gasteiger partial charge on any atom is -0.356 e. The van der Waals surface area contributed by atoms with Gasteiger partial charge in [-0.05, 0) is 49.6 Å². The van der Waals surface area contributed by atoms with Gasteiger partial charge in [0.05, 0.1) is 0 Å². The van der Waals surface area contributed by atoms with Gasteiger partial charge in [-0.25, -0.2) is 0 Å². The second kappa shape index (κ2) is 5.38. The van der Waals surface area contributed by atoms with E-state index in [2.05, 4.69) is 24.5 Å². The van der Waals surface area contributed by atoms with E-state index in [-0.39, 0.29) is 11.3 Å². The van der Waals surface area contributed by atoms with Crippen molar-refractivity contribution in [2.24, 2.45) is 17.3 Å². The van der Waals surface area contributed by atoms with Crippen molar-refractivity contribution in [1.29, 1.82) is 0 Å². The van der Waals surface area contributed by atoms with Gasteiger partial charge in [0.1, 0.15) is 0 Å². The third-order valence-corrected chi connectivity index (χ3v) is 4.59. The van der Waals surface area contributed by atoms with E-state index >= 15 is 0 Å². The van der Waals surface area contributed by atoms with E-state index < -0.39 is 0 Å². The number of hydrogen-bond donors (Lipinski definition) is 2. The molecular weight excluding hydrogens is 212 g/mol. The Kier molecular flexibility index (Phi) is 4.08. The summed E-state index contributed by atoms with van der Waals surface area (Å²) >= 11 is 0. The van der Waals surface area contributed by atoms with E-state index in [1.54, 1.807) is 0 Å². The molecule has 3 heteroatoms. The number of carbonyl (C=O) groups is 1. The van der Waals surface area contributed by atoms with E-state index in [0.717, 1.165) is 32.0 Å². The first kappa shape index (κ1) is 12.9. The summed E-state index contributed by atoms with van der Waals surface area (Å²) in [5.41, 5.74) is 0.280. The smallest absolute Gasteiger partial charge is 0.220 e. The molecule has 17 heavy (non-hydrogen) atoms. The van der Waals surface area contributed by atoms with Crippen LogP contribution in [0.2, 0.25) is 0 Å². The molecule has 1 unspecified atom stereocenters. The highest BCUT2D eigenvalue weighted by atomic mass is 16.1. The van der Waals surface area contributed by atoms with Gasteiger partial charge in [-0.15, -0.1) is 0 Å². The average molecular weight is 238 g/mol. The SMILES string of the molecule is CC(C)(CNC(=O)CC1CCNC1)C1CCC1. The van der Waals surface area contributed by atoms with Gasteiger partial charge < -0.3 is 10.6 Å². The molecule has 1 saturated heterocycles. The standard InChI is InChI=1S/C14H26N2O/c1-14(2,12-4-3-5-12)10-16-13(17)8-11-6-7-15-9-11/h11-12,15H,3-10H2,1-2H3,(H,16,17). The minimum absolute atomic E-state index is 0.242. The fourth-order valence-electron chi connectivity index (χ4n) is 2.88. The monoisotopic (exact) mass is 238 g/mol. The summed E-state index contributed by atoms with van der Waals surface area (Å²) < 4.78 is 0. The van der Waals surface area contributed by atoms with Crippen molar-refractivity contribution >= 4 is 5.91 Å². The number of hydrogen-bond acceptors (Lipinski definition) is 2. The van der Waals surface area contributed by atoms with Gasteiger partial charge in [0, 0.05) is 13.0 Å². The molecule has 0 spiro atoms. The molecule has 1 aliphatic carbocycles. The van der Waals surface area contributed by atoms with Gasteiger partial charge in [0.15, 0.2) is 0 Å². The number of nitrogens with one attached hydrogen (secondary N) is 2. The van der Waals surface area contributed by atoms with E-state index in [1.165, 1.54) is 19.3 Å². The lowest BCUT2D eigenvalue weighted by molar-refractivity contribution is -0.122. The Hall–Kier alpha value is -0.570. The zero-order chi connectivity index (χ0) is 12.3. The topological polar surface area (TPSA) is 41.1 Å². The Morgan fingerprint density at radius 3 is 2.65 bits per heavy atom. The molecule has 2 rings (SSSR count). The van der Waals surface area contributed by atoms with Crippen molar-refractivity contribution in [1.82, 2.24) is 10.6 Å². The fourth-order valence-corrected chi connectivity index (χ4v) is 2.88. The molecule has 98 valence electrons. The highest BCUT2D eigenvalue weighted by Crippen LogP contribution is 2.41. The molecule has 0 radical (unpaired) electrons. The van der Waals surface area contributed by atoms with Gasteiger partial charge in [0.25, 0.3) is 0 Å². The first-order chi connectivity index (χ1) is 8.08. The molecule has 1 atom stereocenters. The number of amides is 1. The predicted molar refractivity (Wildman–Crippen MR) is 69.7 cm³/mol. The molecule has 1 heterocycles. The van der Waals surface area contributed by atoms with Crippen LogP contribution < -0.4 is 10.6 Å². The highest BCUT2D eigenvalue weighted by Gasteiger charge is 2.34. The zero-order valence-electron chi connectivity index (χ0n) is 11.2. The van der Waals surface area contributed by atoms with Crippen molar-refractivity contribution in [2.45, 2.75) is 46.0 Å². The molecular formula is C14H26N2O. The van der Waals surface area contributed by atoms with E-state index in [4.69, 9.17) is 0 Å². The summed E-state index contributed by atoms with van der Waals surface area (Å²) in [6, 6.07) is 0. The minimum atomic E-state index is 0.242. The van der Waals surface area contributed by atoms with E-state index in [0.29, 0.717) is 12.3 Å². The lowest BCUT2D eigenvalue weighted by Crippen LogP contribution is -2.41. The van der Waals surface area contributed by atoms with Crippen LogP contribution in [0.3, 0.4) is 0 Å². The summed E-state index contributed by atoms with van der Waals surface area (Å²) in [6.07, 6.45) is 5.91. The van der Waals surface area contributed by atoms with Crippen LogP contribution in [-0.4, -0.2) is 25.5 Å². The molecule has 0 aromatic carbocycles. The van der Waals surface area contributed by atoms with Crippen molar-refractivity contribution in [3.05, 3.63) is 0 Å². The van der Waals surface area contributed by atoms with Gasteiger partial charge in [-0.1, -0.05) is 20.3 Å². The molecule has 1 saturated carbocycles. The summed E-state index contributed by atoms with van der Waals surface area (Å²) in [6.45, 7) is 7.50. The predicted octanol–water partition coefficient (Wildman–Crippen LogP) is 1.93. The lowest BCUT2D eigenvalue weighted by atomic mass is 9.67. The number of carbonyl (C=O) groups excluding carboxylic acids is 1. The van der Waals surface area contributed by atoms with Crippen LogP contribution in [0, 0.1) is 17.3 Å². The van der Waals surface area contributed by atoms with Crippen LogP contribution in [0.4, 0.5) is 0 Å². The van der Waals surface area contributed by atoms with E-state index in [1.807, 2.05) is 0 Å². The normalized spacial score (nSPS) is 25.6. The van der Waals surface area contributed by atoms with Crippen LogP contribution >= 0.6 is 0 Å². The molecule has 0 aromatic heterocycles. The third-order valence-electron chi connectivity index (χ3n) is 4.59. The Labute approximate surface area is 105 Å². The Morgan fingerprint density at radius 2 is 2.12 bits per heavy atom. The van der Waals surface area contributed by atoms with Crippen LogP contribution in [-0.2, 0) is 4.79 Å². The van der Waals surface area contributed by atoms with Crippen LogP contribution in [0.5, 0.6) is 0 Å². The van der Waals surface area contributed by atoms with Gasteiger partial charge in [0.2, 0.25) is 5.91 Å². The molecule has 1 aliphatic heterocycles. The quantitative estimate of drug-likeness (QED) is 0.768. The zero-order valence-corrected chi connectivity index (χ0v) is 11.2. The third kappa shape index (κ3) is 3.44. The molecule has 2 N–H and O–H groups in total. The molecule has 2 aliphatic rings. The first-order valence-corrected chi connectivity index (χ1v) is 7.05. The Morgan fingerprint density at radius 1 is 1.35 bits per heavy atom. The molecule has 1 amide bonds. The van der Waals surface area contributed by atoms with E-state index in [9.17, 15) is 4.79 Å². The molecule has 2 fully saturated rings. The Bertz CT molecular complexity index is 265. The summed E-state index contributed by atoms with van der Waals surface area (Å²) in [7, 11) is 0. The molecule has 3 nitrogen and oxygen atoms in total. The average Bonchev–Trinajstić information content (AvgIpc) is 2.64. The fraction of sp³-hybridized carbons (Fsp3) is 0.929. The van der Waals surface area contributed by atoms with Crippen molar-refractivity contribution in [3.63, 3.8) is 0 Å². The second-order valence-electron chi connectivity index (χ2n) is 6.46. The van der Waals surface area contributed by atoms with Crippen molar-refractivity contribution < 1.29 is 4.79 Å². The van der Waals surface area contributed by atoms with Gasteiger partial charge >= 0.3 is 0 Å². The number of rotatable bonds is 5. The van der Waals surface area contributed by atoms with Crippen molar-refractivity contribution in [3.8, 4) is 0 Å². The molecule has 0 aromatic rings. The second-order valence-corrected chi connectivity index (χ2v) is 6.46. The maximum Gasteiger partial charge on any atom is 0.220 e. The van der Waals surface area contributed by atoms with Gasteiger partial charge in [-0.3, -0.25) is 4.79 Å². The van der Waals surface area contributed by atoms with Gasteiger partial charge in [-0.2, -0.15) is 0 Å². The Balaban J connectivity index is 1.67. The first-order valence-electron chi connectivity index (χ1n) is 7.05. The summed E-state index contributed by atoms with van der Waals surface area (Å²) in [4.78, 5) is 11.8. The van der Waals surface area contributed by atoms with Crippen LogP contribution in [0.25, 0.3) is 0 Å². The maximum atomic E-state index is 11.8. The van der Waals surface area contributed by atoms with Crippen LogP contribution in [0.15, 0.2) is 0 Å². The lowest BCUT2D eigenvalue weighted by Gasteiger charge is -2.40. The summed E-state index contributed by atoms with van der Waals surface area (Å²) in [5, 5.41) is 6.44. The van der Waals surface area contributed by atoms with Crippen LogP contribution in [0.1, 0.15) is 46.0 Å². The van der Waals surface area contributed by atoms with Crippen molar-refractivity contribution in [2.75, 3.05) is 19.6 Å².